The molecule has 0 saturated heterocycles. The smallest absolute Gasteiger partial charge is 0.273 e. The van der Waals surface area contributed by atoms with E-state index in [9.17, 15) is 4.79 Å². The molecule has 0 radical (unpaired) electrons. The van der Waals surface area contributed by atoms with E-state index >= 15 is 0 Å². The van der Waals surface area contributed by atoms with Crippen molar-refractivity contribution in [1.82, 2.24) is 24.6 Å². The van der Waals surface area contributed by atoms with Gasteiger partial charge in [0, 0.05) is 18.5 Å². The van der Waals surface area contributed by atoms with E-state index in [1.807, 2.05) is 54.1 Å². The summed E-state index contributed by atoms with van der Waals surface area (Å²) in [6.07, 6.45) is 1.60. The van der Waals surface area contributed by atoms with Crippen molar-refractivity contribution in [2.24, 2.45) is 0 Å². The van der Waals surface area contributed by atoms with Gasteiger partial charge >= 0.3 is 0 Å². The summed E-state index contributed by atoms with van der Waals surface area (Å²) in [5, 5.41) is 12.6. The molecular weight excluding hydrogens is 454 g/mol. The van der Waals surface area contributed by atoms with Gasteiger partial charge in [0.2, 0.25) is 5.82 Å². The quantitative estimate of drug-likeness (QED) is 0.318. The van der Waals surface area contributed by atoms with E-state index in [4.69, 9.17) is 16.0 Å². The first-order chi connectivity index (χ1) is 15.1. The van der Waals surface area contributed by atoms with Crippen LogP contribution in [0.3, 0.4) is 0 Å². The van der Waals surface area contributed by atoms with E-state index < -0.39 is 0 Å². The monoisotopic (exact) mass is 473 g/mol. The third-order valence-electron chi connectivity index (χ3n) is 4.61. The van der Waals surface area contributed by atoms with Gasteiger partial charge in [-0.2, -0.15) is 0 Å². The number of hydrogen-bond donors (Lipinski definition) is 0. The fourth-order valence-corrected chi connectivity index (χ4v) is 5.00. The highest BCUT2D eigenvalue weighted by Gasteiger charge is 2.21. The predicted molar refractivity (Wildman–Crippen MR) is 123 cm³/mol. The Morgan fingerprint density at radius 1 is 1.19 bits per heavy atom. The van der Waals surface area contributed by atoms with Crippen LogP contribution in [0.2, 0.25) is 5.02 Å². The second kappa shape index (κ2) is 9.67. The zero-order valence-corrected chi connectivity index (χ0v) is 19.4. The van der Waals surface area contributed by atoms with Crippen molar-refractivity contribution in [2.45, 2.75) is 24.8 Å². The summed E-state index contributed by atoms with van der Waals surface area (Å²) in [4.78, 5) is 18.8. The van der Waals surface area contributed by atoms with Crippen molar-refractivity contribution in [3.8, 4) is 17.3 Å². The van der Waals surface area contributed by atoms with Gasteiger partial charge in [-0.15, -0.1) is 21.5 Å². The molecule has 3 heterocycles. The number of furan rings is 1. The maximum atomic E-state index is 12.5. The van der Waals surface area contributed by atoms with Gasteiger partial charge in [0.05, 0.1) is 22.7 Å². The van der Waals surface area contributed by atoms with E-state index in [1.54, 1.807) is 17.2 Å². The van der Waals surface area contributed by atoms with E-state index in [1.165, 1.54) is 23.1 Å². The number of carbonyl (C=O) groups excluding carboxylic acids is 1. The van der Waals surface area contributed by atoms with Crippen LogP contribution in [0.4, 0.5) is 0 Å². The minimum atomic E-state index is -0.0446. The highest BCUT2D eigenvalue weighted by molar-refractivity contribution is 7.98. The molecule has 0 aliphatic carbocycles. The number of thioether (sulfide) groups is 1. The van der Waals surface area contributed by atoms with Crippen molar-refractivity contribution in [3.63, 3.8) is 0 Å². The Morgan fingerprint density at radius 3 is 2.71 bits per heavy atom. The summed E-state index contributed by atoms with van der Waals surface area (Å²) in [5.41, 5.74) is 1.24. The molecule has 31 heavy (non-hydrogen) atoms. The Kier molecular flexibility index (Phi) is 6.74. The maximum Gasteiger partial charge on any atom is 0.273 e. The lowest BCUT2D eigenvalue weighted by atomic mass is 10.3. The van der Waals surface area contributed by atoms with Gasteiger partial charge < -0.3 is 9.32 Å². The van der Waals surface area contributed by atoms with E-state index in [0.717, 1.165) is 10.7 Å². The second-order valence-electron chi connectivity index (χ2n) is 6.46. The SMILES string of the molecule is CCN(CC)C(=O)c1csc(CSc2nnc(-c3ccco3)n2-c2ccccc2Cl)n1. The number of halogens is 1. The van der Waals surface area contributed by atoms with E-state index in [2.05, 4.69) is 15.2 Å². The Labute approximate surface area is 193 Å². The van der Waals surface area contributed by atoms with Crippen molar-refractivity contribution in [2.75, 3.05) is 13.1 Å². The Morgan fingerprint density at radius 2 is 2.00 bits per heavy atom. The molecule has 4 rings (SSSR count). The van der Waals surface area contributed by atoms with Gasteiger partial charge in [-0.05, 0) is 38.1 Å². The number of thiazole rings is 1. The van der Waals surface area contributed by atoms with Gasteiger partial charge in [-0.25, -0.2) is 4.98 Å². The highest BCUT2D eigenvalue weighted by atomic mass is 35.5. The van der Waals surface area contributed by atoms with E-state index in [-0.39, 0.29) is 5.91 Å². The van der Waals surface area contributed by atoms with Crippen molar-refractivity contribution in [1.29, 1.82) is 0 Å². The average molecular weight is 474 g/mol. The number of carbonyl (C=O) groups is 1. The molecule has 7 nitrogen and oxygen atoms in total. The standard InChI is InChI=1S/C21H20ClN5O2S2/c1-3-26(4-2)20(28)15-12-30-18(23-15)13-31-21-25-24-19(17-10-7-11-29-17)27(21)16-9-6-5-8-14(16)22/h5-12H,3-4,13H2,1-2H3. The van der Waals surface area contributed by atoms with Crippen molar-refractivity contribution >= 4 is 40.6 Å². The zero-order chi connectivity index (χ0) is 21.8. The van der Waals surface area contributed by atoms with Gasteiger partial charge in [-0.3, -0.25) is 9.36 Å². The summed E-state index contributed by atoms with van der Waals surface area (Å²) in [6, 6.07) is 11.2. The van der Waals surface area contributed by atoms with Crippen LogP contribution in [0.25, 0.3) is 17.3 Å². The lowest BCUT2D eigenvalue weighted by Gasteiger charge is -2.16. The normalized spacial score (nSPS) is 11.1. The molecule has 10 heteroatoms. The number of benzene rings is 1. The average Bonchev–Trinajstić information content (AvgIpc) is 3.53. The molecule has 0 atom stereocenters. The summed E-state index contributed by atoms with van der Waals surface area (Å²) < 4.78 is 7.42. The molecule has 0 fully saturated rings. The molecule has 0 aliphatic rings. The van der Waals surface area contributed by atoms with E-state index in [0.29, 0.717) is 46.3 Å². The summed E-state index contributed by atoms with van der Waals surface area (Å²) in [5.74, 6) is 1.67. The lowest BCUT2D eigenvalue weighted by Crippen LogP contribution is -2.30. The number of hydrogen-bond acceptors (Lipinski definition) is 7. The first kappa shape index (κ1) is 21.6. The first-order valence-electron chi connectivity index (χ1n) is 9.73. The molecule has 0 bridgehead atoms. The van der Waals surface area contributed by atoms with Crippen LogP contribution in [0.5, 0.6) is 0 Å². The molecule has 0 aliphatic heterocycles. The number of aromatic nitrogens is 4. The fourth-order valence-electron chi connectivity index (χ4n) is 3.05. The van der Waals surface area contributed by atoms with Crippen LogP contribution in [-0.2, 0) is 5.75 Å². The van der Waals surface area contributed by atoms with Crippen molar-refractivity contribution < 1.29 is 9.21 Å². The Balaban J connectivity index is 1.60. The largest absolute Gasteiger partial charge is 0.461 e. The molecule has 4 aromatic rings. The number of nitrogens with zero attached hydrogens (tertiary/aromatic N) is 5. The van der Waals surface area contributed by atoms with Gasteiger partial charge in [0.15, 0.2) is 10.9 Å². The minimum absolute atomic E-state index is 0.0446. The number of para-hydroxylation sites is 1. The summed E-state index contributed by atoms with van der Waals surface area (Å²) in [6.45, 7) is 5.24. The van der Waals surface area contributed by atoms with Crippen LogP contribution < -0.4 is 0 Å². The third kappa shape index (κ3) is 4.53. The molecule has 0 spiro atoms. The molecule has 0 unspecified atom stereocenters. The highest BCUT2D eigenvalue weighted by Crippen LogP contribution is 2.33. The fraction of sp³-hybridized carbons (Fsp3) is 0.238. The maximum absolute atomic E-state index is 12.5. The Hall–Kier alpha value is -2.62. The Bertz CT molecular complexity index is 1170. The molecule has 0 saturated carbocycles. The second-order valence-corrected chi connectivity index (χ2v) is 8.76. The van der Waals surface area contributed by atoms with Crippen LogP contribution in [0.1, 0.15) is 29.3 Å². The molecule has 0 N–H and O–H groups in total. The summed E-state index contributed by atoms with van der Waals surface area (Å²) >= 11 is 9.41. The zero-order valence-electron chi connectivity index (χ0n) is 17.0. The molecular formula is C21H20ClN5O2S2. The molecule has 3 aromatic heterocycles. The minimum Gasteiger partial charge on any atom is -0.461 e. The number of rotatable bonds is 8. The van der Waals surface area contributed by atoms with Gasteiger partial charge in [0.25, 0.3) is 5.91 Å². The third-order valence-corrected chi connectivity index (χ3v) is 6.91. The molecule has 1 aromatic carbocycles. The summed E-state index contributed by atoms with van der Waals surface area (Å²) in [7, 11) is 0. The van der Waals surface area contributed by atoms with Gasteiger partial charge in [0.1, 0.15) is 10.7 Å². The topological polar surface area (TPSA) is 77.0 Å². The first-order valence-corrected chi connectivity index (χ1v) is 12.0. The predicted octanol–water partition coefficient (Wildman–Crippen LogP) is 5.41. The van der Waals surface area contributed by atoms with Crippen LogP contribution in [-0.4, -0.2) is 43.6 Å². The van der Waals surface area contributed by atoms with Crippen LogP contribution in [0, 0.1) is 0 Å². The van der Waals surface area contributed by atoms with Crippen LogP contribution >= 0.6 is 34.7 Å². The number of amides is 1. The molecule has 1 amide bonds. The molecule has 160 valence electrons. The van der Waals surface area contributed by atoms with Crippen LogP contribution in [0.15, 0.2) is 57.6 Å². The van der Waals surface area contributed by atoms with Gasteiger partial charge in [-0.1, -0.05) is 35.5 Å². The lowest BCUT2D eigenvalue weighted by molar-refractivity contribution is 0.0768. The van der Waals surface area contributed by atoms with Crippen molar-refractivity contribution in [3.05, 3.63) is 63.8 Å².